The van der Waals surface area contributed by atoms with E-state index in [0.29, 0.717) is 23.6 Å². The minimum absolute atomic E-state index is 0.149. The fraction of sp³-hybridized carbons (Fsp3) is 0.167. The maximum Gasteiger partial charge on any atom is 0.290 e. The zero-order chi connectivity index (χ0) is 21.1. The Balaban J connectivity index is 1.73. The highest BCUT2D eigenvalue weighted by Gasteiger charge is 2.43. The van der Waals surface area contributed by atoms with Gasteiger partial charge in [0.25, 0.3) is 5.91 Å². The third-order valence-corrected chi connectivity index (χ3v) is 5.85. The number of carbonyl (C=O) groups excluding carboxylic acids is 2. The largest absolute Gasteiger partial charge is 0.503 e. The van der Waals surface area contributed by atoms with E-state index in [1.807, 2.05) is 72.1 Å². The van der Waals surface area contributed by atoms with Crippen LogP contribution in [0.4, 0.5) is 0 Å². The molecule has 0 bridgehead atoms. The first-order valence-electron chi connectivity index (χ1n) is 9.71. The average Bonchev–Trinajstić information content (AvgIpc) is 3.36. The van der Waals surface area contributed by atoms with Crippen LogP contribution in [-0.4, -0.2) is 21.7 Å². The molecule has 1 aliphatic heterocycles. The van der Waals surface area contributed by atoms with E-state index < -0.39 is 17.7 Å². The van der Waals surface area contributed by atoms with E-state index in [0.717, 1.165) is 4.88 Å². The number of amides is 1. The van der Waals surface area contributed by atoms with Gasteiger partial charge in [0.1, 0.15) is 11.5 Å². The molecule has 1 unspecified atom stereocenters. The Morgan fingerprint density at radius 2 is 1.83 bits per heavy atom. The molecule has 0 fully saturated rings. The minimum Gasteiger partial charge on any atom is -0.503 e. The third-order valence-electron chi connectivity index (χ3n) is 4.98. The lowest BCUT2D eigenvalue weighted by molar-refractivity contribution is -0.130. The van der Waals surface area contributed by atoms with Crippen LogP contribution in [0.25, 0.3) is 0 Å². The van der Waals surface area contributed by atoms with Gasteiger partial charge in [-0.05, 0) is 41.3 Å². The molecule has 0 aliphatic carbocycles. The number of hydrogen-bond donors (Lipinski definition) is 1. The molecule has 1 aromatic heterocycles. The number of ketones is 1. The fourth-order valence-electron chi connectivity index (χ4n) is 3.58. The first-order valence-corrected chi connectivity index (χ1v) is 10.6. The molecule has 152 valence electrons. The lowest BCUT2D eigenvalue weighted by atomic mass is 9.95. The molecule has 4 rings (SSSR count). The minimum atomic E-state index is -0.661. The fourth-order valence-corrected chi connectivity index (χ4v) is 4.28. The molecule has 30 heavy (non-hydrogen) atoms. The topological polar surface area (TPSA) is 66.8 Å². The van der Waals surface area contributed by atoms with Gasteiger partial charge in [-0.2, -0.15) is 0 Å². The van der Waals surface area contributed by atoms with E-state index in [4.69, 9.17) is 4.74 Å². The summed E-state index contributed by atoms with van der Waals surface area (Å²) in [5, 5.41) is 12.5. The predicted molar refractivity (Wildman–Crippen MR) is 116 cm³/mol. The second-order valence-electron chi connectivity index (χ2n) is 6.94. The van der Waals surface area contributed by atoms with Crippen LogP contribution in [0.5, 0.6) is 11.5 Å². The number of thiophene rings is 1. The number of ether oxygens (including phenoxy) is 1. The number of aliphatic hydroxyl groups is 1. The molecule has 0 saturated carbocycles. The van der Waals surface area contributed by atoms with E-state index in [-0.39, 0.29) is 17.8 Å². The summed E-state index contributed by atoms with van der Waals surface area (Å²) in [6.07, 6.45) is 0.205. The van der Waals surface area contributed by atoms with Crippen LogP contribution in [0.2, 0.25) is 0 Å². The molecule has 0 radical (unpaired) electrons. The maximum absolute atomic E-state index is 12.9. The summed E-state index contributed by atoms with van der Waals surface area (Å²) in [6.45, 7) is 2.04. The number of nitrogens with zero attached hydrogens (tertiary/aromatic N) is 1. The van der Waals surface area contributed by atoms with Crippen LogP contribution >= 0.6 is 11.3 Å². The number of para-hydroxylation sites is 1. The van der Waals surface area contributed by atoms with E-state index in [1.165, 1.54) is 11.3 Å². The van der Waals surface area contributed by atoms with Gasteiger partial charge >= 0.3 is 0 Å². The Labute approximate surface area is 178 Å². The van der Waals surface area contributed by atoms with Gasteiger partial charge in [-0.15, -0.1) is 11.3 Å². The molecule has 2 aromatic carbocycles. The van der Waals surface area contributed by atoms with Gasteiger partial charge in [-0.25, -0.2) is 0 Å². The number of aliphatic hydroxyl groups excluding tert-OH is 1. The van der Waals surface area contributed by atoms with Crippen molar-refractivity contribution in [3.8, 4) is 11.5 Å². The Morgan fingerprint density at radius 1 is 1.07 bits per heavy atom. The molecule has 1 amide bonds. The summed E-state index contributed by atoms with van der Waals surface area (Å²) in [7, 11) is 0. The third kappa shape index (κ3) is 3.86. The van der Waals surface area contributed by atoms with Crippen LogP contribution in [-0.2, 0) is 16.1 Å². The number of carbonyl (C=O) groups is 2. The molecule has 3 aromatic rings. The van der Waals surface area contributed by atoms with Crippen molar-refractivity contribution in [1.82, 2.24) is 4.90 Å². The van der Waals surface area contributed by atoms with Crippen molar-refractivity contribution in [2.45, 2.75) is 25.9 Å². The lowest BCUT2D eigenvalue weighted by Crippen LogP contribution is -2.30. The van der Waals surface area contributed by atoms with Crippen LogP contribution < -0.4 is 4.74 Å². The Morgan fingerprint density at radius 3 is 2.53 bits per heavy atom. The van der Waals surface area contributed by atoms with Crippen molar-refractivity contribution in [3.05, 3.63) is 93.9 Å². The summed E-state index contributed by atoms with van der Waals surface area (Å²) in [6, 6.07) is 19.9. The van der Waals surface area contributed by atoms with Gasteiger partial charge in [0, 0.05) is 11.3 Å². The van der Waals surface area contributed by atoms with Crippen molar-refractivity contribution in [2.75, 3.05) is 0 Å². The van der Waals surface area contributed by atoms with Crippen molar-refractivity contribution in [2.24, 2.45) is 0 Å². The average molecular weight is 420 g/mol. The Bertz CT molecular complexity index is 1090. The normalized spacial score (nSPS) is 16.2. The SMILES string of the molecule is CCC(=O)C1=C(O)C(=O)N(Cc2cccs2)C1c1cccc(Oc2ccccc2)c1. The zero-order valence-electron chi connectivity index (χ0n) is 16.4. The highest BCUT2D eigenvalue weighted by molar-refractivity contribution is 7.09. The predicted octanol–water partition coefficient (Wildman–Crippen LogP) is 5.42. The van der Waals surface area contributed by atoms with Gasteiger partial charge in [-0.1, -0.05) is 43.3 Å². The second-order valence-corrected chi connectivity index (χ2v) is 7.97. The molecule has 2 heterocycles. The molecular formula is C24H21NO4S. The Hall–Kier alpha value is -3.38. The molecule has 6 heteroatoms. The molecule has 0 saturated heterocycles. The lowest BCUT2D eigenvalue weighted by Gasteiger charge is -2.26. The van der Waals surface area contributed by atoms with E-state index in [9.17, 15) is 14.7 Å². The standard InChI is InChI=1S/C24H21NO4S/c1-2-20(26)21-22(25(24(28)23(21)27)15-19-12-7-13-30-19)16-8-6-11-18(14-16)29-17-9-4-3-5-10-17/h3-14,22,27H,2,15H2,1H3. The first kappa shape index (κ1) is 19.9. The van der Waals surface area contributed by atoms with Gasteiger partial charge < -0.3 is 14.7 Å². The van der Waals surface area contributed by atoms with Crippen molar-refractivity contribution < 1.29 is 19.4 Å². The molecule has 5 nitrogen and oxygen atoms in total. The molecule has 0 spiro atoms. The number of Topliss-reactive ketones (excluding diaryl/α,β-unsaturated/α-hetero) is 1. The van der Waals surface area contributed by atoms with Crippen LogP contribution in [0.1, 0.15) is 29.8 Å². The summed E-state index contributed by atoms with van der Waals surface area (Å²) in [5.74, 6) is 0.0547. The zero-order valence-corrected chi connectivity index (χ0v) is 17.3. The molecule has 1 aliphatic rings. The van der Waals surface area contributed by atoms with Crippen LogP contribution in [0.15, 0.2) is 83.4 Å². The van der Waals surface area contributed by atoms with Gasteiger partial charge in [0.15, 0.2) is 11.5 Å². The van der Waals surface area contributed by atoms with Crippen molar-refractivity contribution >= 4 is 23.0 Å². The molecular weight excluding hydrogens is 398 g/mol. The summed E-state index contributed by atoms with van der Waals surface area (Å²) in [4.78, 5) is 28.0. The van der Waals surface area contributed by atoms with E-state index in [2.05, 4.69) is 0 Å². The van der Waals surface area contributed by atoms with Crippen molar-refractivity contribution in [3.63, 3.8) is 0 Å². The first-order chi connectivity index (χ1) is 14.6. The summed E-state index contributed by atoms with van der Waals surface area (Å²) in [5.41, 5.74) is 0.866. The quantitative estimate of drug-likeness (QED) is 0.556. The van der Waals surface area contributed by atoms with Gasteiger partial charge in [-0.3, -0.25) is 9.59 Å². The number of hydrogen-bond acceptors (Lipinski definition) is 5. The van der Waals surface area contributed by atoms with Crippen LogP contribution in [0.3, 0.4) is 0 Å². The monoisotopic (exact) mass is 419 g/mol. The van der Waals surface area contributed by atoms with Gasteiger partial charge in [0.05, 0.1) is 18.2 Å². The second kappa shape index (κ2) is 8.55. The highest BCUT2D eigenvalue weighted by Crippen LogP contribution is 2.40. The number of rotatable bonds is 7. The smallest absolute Gasteiger partial charge is 0.290 e. The Kier molecular flexibility index (Phi) is 5.68. The molecule has 1 N–H and O–H groups in total. The highest BCUT2D eigenvalue weighted by atomic mass is 32.1. The summed E-state index contributed by atoms with van der Waals surface area (Å²) < 4.78 is 5.93. The van der Waals surface area contributed by atoms with E-state index >= 15 is 0 Å². The maximum atomic E-state index is 12.9. The molecule has 1 atom stereocenters. The van der Waals surface area contributed by atoms with Crippen LogP contribution in [0, 0.1) is 0 Å². The summed E-state index contributed by atoms with van der Waals surface area (Å²) >= 11 is 1.53. The van der Waals surface area contributed by atoms with Crippen molar-refractivity contribution in [1.29, 1.82) is 0 Å². The van der Waals surface area contributed by atoms with E-state index in [1.54, 1.807) is 11.8 Å². The number of benzene rings is 2. The van der Waals surface area contributed by atoms with Gasteiger partial charge in [0.2, 0.25) is 0 Å².